The van der Waals surface area contributed by atoms with Crippen LogP contribution in [0.4, 0.5) is 5.69 Å². The largest absolute Gasteiger partial charge is 0.492 e. The van der Waals surface area contributed by atoms with Crippen molar-refractivity contribution in [3.8, 4) is 5.75 Å². The molecule has 0 spiro atoms. The highest BCUT2D eigenvalue weighted by Gasteiger charge is 2.29. The van der Waals surface area contributed by atoms with Crippen molar-refractivity contribution in [1.82, 2.24) is 5.32 Å². The number of sulfonamides is 1. The van der Waals surface area contributed by atoms with E-state index in [1.807, 2.05) is 31.2 Å². The third-order valence-corrected chi connectivity index (χ3v) is 8.09. The Bertz CT molecular complexity index is 1300. The van der Waals surface area contributed by atoms with Crippen LogP contribution in [0.25, 0.3) is 0 Å². The lowest BCUT2D eigenvalue weighted by molar-refractivity contribution is -0.119. The summed E-state index contributed by atoms with van der Waals surface area (Å²) in [6.45, 7) is 8.21. The summed E-state index contributed by atoms with van der Waals surface area (Å²) in [6.07, 6.45) is 0. The number of hydrogen-bond donors (Lipinski definition) is 1. The van der Waals surface area contributed by atoms with Crippen LogP contribution in [-0.2, 0) is 20.2 Å². The van der Waals surface area contributed by atoms with E-state index in [-0.39, 0.29) is 39.2 Å². The van der Waals surface area contributed by atoms with Crippen LogP contribution in [0.5, 0.6) is 5.75 Å². The second-order valence-electron chi connectivity index (χ2n) is 9.37. The number of anilines is 1. The first-order valence-electron chi connectivity index (χ1n) is 11.4. The molecule has 0 saturated heterocycles. The van der Waals surface area contributed by atoms with Gasteiger partial charge in [-0.2, -0.15) is 0 Å². The fourth-order valence-electron chi connectivity index (χ4n) is 3.42. The number of halogens is 2. The summed E-state index contributed by atoms with van der Waals surface area (Å²) in [5, 5.41) is 2.94. The van der Waals surface area contributed by atoms with Crippen LogP contribution >= 0.6 is 23.2 Å². The molecule has 1 amide bonds. The predicted molar refractivity (Wildman–Crippen MR) is 146 cm³/mol. The summed E-state index contributed by atoms with van der Waals surface area (Å²) in [4.78, 5) is 12.8. The normalized spacial score (nSPS) is 11.7. The van der Waals surface area contributed by atoms with E-state index < -0.39 is 22.5 Å². The molecule has 0 aliphatic rings. The summed E-state index contributed by atoms with van der Waals surface area (Å²) in [5.41, 5.74) is 2.27. The average Bonchev–Trinajstić information content (AvgIpc) is 2.82. The van der Waals surface area contributed by atoms with Gasteiger partial charge in [0.2, 0.25) is 5.91 Å². The highest BCUT2D eigenvalue weighted by atomic mass is 35.5. The molecule has 0 aliphatic heterocycles. The van der Waals surface area contributed by atoms with E-state index in [0.717, 1.165) is 9.87 Å². The molecule has 0 fully saturated rings. The molecule has 192 valence electrons. The Morgan fingerprint density at radius 3 is 2.22 bits per heavy atom. The van der Waals surface area contributed by atoms with Crippen LogP contribution in [0, 0.1) is 6.92 Å². The van der Waals surface area contributed by atoms with Crippen molar-refractivity contribution in [2.24, 2.45) is 0 Å². The van der Waals surface area contributed by atoms with Gasteiger partial charge in [-0.05, 0) is 54.3 Å². The van der Waals surface area contributed by atoms with Crippen molar-refractivity contribution in [3.63, 3.8) is 0 Å². The Kier molecular flexibility index (Phi) is 8.93. The van der Waals surface area contributed by atoms with E-state index in [1.54, 1.807) is 24.3 Å². The van der Waals surface area contributed by atoms with Crippen molar-refractivity contribution in [1.29, 1.82) is 0 Å². The van der Waals surface area contributed by atoms with E-state index in [1.165, 1.54) is 23.8 Å². The Balaban J connectivity index is 1.70. The summed E-state index contributed by atoms with van der Waals surface area (Å²) in [6, 6.07) is 18.8. The summed E-state index contributed by atoms with van der Waals surface area (Å²) >= 11 is 12.5. The Hall–Kier alpha value is -2.74. The fourth-order valence-corrected chi connectivity index (χ4v) is 5.30. The number of nitrogens with one attached hydrogen (secondary N) is 1. The number of nitrogens with zero attached hydrogens (tertiary/aromatic N) is 1. The van der Waals surface area contributed by atoms with Gasteiger partial charge in [-0.15, -0.1) is 0 Å². The molecule has 0 radical (unpaired) electrons. The highest BCUT2D eigenvalue weighted by molar-refractivity contribution is 7.92. The van der Waals surface area contributed by atoms with Crippen LogP contribution < -0.4 is 14.4 Å². The molecule has 3 aromatic rings. The van der Waals surface area contributed by atoms with Gasteiger partial charge in [0.25, 0.3) is 10.0 Å². The first-order valence-corrected chi connectivity index (χ1v) is 13.6. The van der Waals surface area contributed by atoms with Gasteiger partial charge >= 0.3 is 0 Å². The van der Waals surface area contributed by atoms with E-state index in [9.17, 15) is 13.2 Å². The monoisotopic (exact) mass is 548 g/mol. The standard InChI is InChI=1S/C27H30Cl2N2O4S/c1-19-8-14-22(15-9-19)36(33,34)31(24-7-5-6-23(28)26(24)29)18-25(32)30-16-17-35-21-12-10-20(11-13-21)27(2,3)4/h5-15H,16-18H2,1-4H3,(H,30,32). The maximum Gasteiger partial charge on any atom is 0.264 e. The molecule has 0 atom stereocenters. The number of amides is 1. The second-order valence-corrected chi connectivity index (χ2v) is 12.0. The van der Waals surface area contributed by atoms with Gasteiger partial charge in [0.05, 0.1) is 27.2 Å². The summed E-state index contributed by atoms with van der Waals surface area (Å²) in [7, 11) is -4.10. The topological polar surface area (TPSA) is 75.7 Å². The number of ether oxygens (including phenoxy) is 1. The van der Waals surface area contributed by atoms with Crippen molar-refractivity contribution in [2.45, 2.75) is 38.0 Å². The van der Waals surface area contributed by atoms with E-state index in [2.05, 4.69) is 26.1 Å². The number of carbonyl (C=O) groups is 1. The average molecular weight is 550 g/mol. The second kappa shape index (κ2) is 11.5. The predicted octanol–water partition coefficient (Wildman–Crippen LogP) is 5.99. The van der Waals surface area contributed by atoms with Gasteiger partial charge in [0.15, 0.2) is 0 Å². The van der Waals surface area contributed by atoms with Gasteiger partial charge in [-0.1, -0.05) is 79.9 Å². The molecule has 0 saturated carbocycles. The Labute approximate surface area is 223 Å². The molecule has 36 heavy (non-hydrogen) atoms. The number of carbonyl (C=O) groups excluding carboxylic acids is 1. The van der Waals surface area contributed by atoms with Gasteiger partial charge in [-0.25, -0.2) is 8.42 Å². The molecular formula is C27H30Cl2N2O4S. The smallest absolute Gasteiger partial charge is 0.264 e. The zero-order valence-corrected chi connectivity index (χ0v) is 23.0. The maximum atomic E-state index is 13.5. The van der Waals surface area contributed by atoms with E-state index in [0.29, 0.717) is 5.75 Å². The van der Waals surface area contributed by atoms with E-state index >= 15 is 0 Å². The third-order valence-electron chi connectivity index (χ3n) is 5.51. The molecule has 9 heteroatoms. The molecule has 0 heterocycles. The molecular weight excluding hydrogens is 519 g/mol. The molecule has 0 aromatic heterocycles. The van der Waals surface area contributed by atoms with Crippen LogP contribution in [0.15, 0.2) is 71.6 Å². The molecule has 0 aliphatic carbocycles. The highest BCUT2D eigenvalue weighted by Crippen LogP contribution is 2.35. The van der Waals surface area contributed by atoms with Gasteiger partial charge in [-0.3, -0.25) is 9.10 Å². The fraction of sp³-hybridized carbons (Fsp3) is 0.296. The third kappa shape index (κ3) is 6.93. The number of benzene rings is 3. The van der Waals surface area contributed by atoms with E-state index in [4.69, 9.17) is 27.9 Å². The van der Waals surface area contributed by atoms with Gasteiger partial charge < -0.3 is 10.1 Å². The van der Waals surface area contributed by atoms with Crippen molar-refractivity contribution in [3.05, 3.63) is 87.9 Å². The Morgan fingerprint density at radius 1 is 0.972 bits per heavy atom. The molecule has 3 rings (SSSR count). The summed E-state index contributed by atoms with van der Waals surface area (Å²) < 4.78 is 33.6. The molecule has 3 aromatic carbocycles. The lowest BCUT2D eigenvalue weighted by Gasteiger charge is -2.25. The quantitative estimate of drug-likeness (QED) is 0.333. The molecule has 1 N–H and O–H groups in total. The molecule has 6 nitrogen and oxygen atoms in total. The minimum Gasteiger partial charge on any atom is -0.492 e. The Morgan fingerprint density at radius 2 is 1.61 bits per heavy atom. The molecule has 0 unspecified atom stereocenters. The SMILES string of the molecule is Cc1ccc(S(=O)(=O)N(CC(=O)NCCOc2ccc(C(C)(C)C)cc2)c2cccc(Cl)c2Cl)cc1. The van der Waals surface area contributed by atoms with Crippen LogP contribution in [0.3, 0.4) is 0 Å². The summed E-state index contributed by atoms with van der Waals surface area (Å²) in [5.74, 6) is 0.181. The lowest BCUT2D eigenvalue weighted by atomic mass is 9.87. The van der Waals surface area contributed by atoms with Crippen molar-refractivity contribution >= 4 is 44.8 Å². The van der Waals surface area contributed by atoms with Crippen LogP contribution in [0.2, 0.25) is 10.0 Å². The zero-order valence-electron chi connectivity index (χ0n) is 20.7. The maximum absolute atomic E-state index is 13.5. The minimum absolute atomic E-state index is 0.0407. The minimum atomic E-state index is -4.10. The molecule has 0 bridgehead atoms. The number of aryl methyl sites for hydroxylation is 1. The number of hydrogen-bond acceptors (Lipinski definition) is 4. The van der Waals surface area contributed by atoms with Crippen LogP contribution in [-0.4, -0.2) is 34.0 Å². The number of rotatable bonds is 9. The zero-order chi connectivity index (χ0) is 26.5. The first kappa shape index (κ1) is 27.8. The van der Waals surface area contributed by atoms with Gasteiger partial charge in [0, 0.05) is 0 Å². The van der Waals surface area contributed by atoms with Gasteiger partial charge in [0.1, 0.15) is 18.9 Å². The van der Waals surface area contributed by atoms with Crippen molar-refractivity contribution in [2.75, 3.05) is 24.0 Å². The first-order chi connectivity index (χ1) is 16.9. The lowest BCUT2D eigenvalue weighted by Crippen LogP contribution is -2.42. The van der Waals surface area contributed by atoms with Crippen LogP contribution in [0.1, 0.15) is 31.9 Å². The van der Waals surface area contributed by atoms with Crippen molar-refractivity contribution < 1.29 is 17.9 Å².